The highest BCUT2D eigenvalue weighted by molar-refractivity contribution is 5.43. The van der Waals surface area contributed by atoms with Gasteiger partial charge in [0.05, 0.1) is 0 Å². The number of nitrogens with one attached hydrogen (secondary N) is 1. The van der Waals surface area contributed by atoms with Crippen LogP contribution in [0.25, 0.3) is 0 Å². The molecular formula is C18H30N2. The van der Waals surface area contributed by atoms with Crippen molar-refractivity contribution in [1.82, 2.24) is 4.90 Å². The Labute approximate surface area is 124 Å². The van der Waals surface area contributed by atoms with Crippen molar-refractivity contribution in [2.75, 3.05) is 18.9 Å². The van der Waals surface area contributed by atoms with Gasteiger partial charge in [-0.2, -0.15) is 0 Å². The topological polar surface area (TPSA) is 15.3 Å². The minimum Gasteiger partial charge on any atom is -0.382 e. The minimum atomic E-state index is 0.587. The number of hydrogen-bond donors (Lipinski definition) is 1. The first-order valence-electron chi connectivity index (χ1n) is 8.31. The lowest BCUT2D eigenvalue weighted by atomic mass is 9.94. The maximum atomic E-state index is 3.66. The Morgan fingerprint density at radius 3 is 2.50 bits per heavy atom. The molecule has 1 fully saturated rings. The predicted octanol–water partition coefficient (Wildman–Crippen LogP) is 4.53. The van der Waals surface area contributed by atoms with Crippen molar-refractivity contribution in [1.29, 1.82) is 0 Å². The van der Waals surface area contributed by atoms with E-state index in [1.165, 1.54) is 57.2 Å². The zero-order valence-electron chi connectivity index (χ0n) is 13.1. The quantitative estimate of drug-likeness (QED) is 0.785. The summed E-state index contributed by atoms with van der Waals surface area (Å²) in [7, 11) is 2.31. The number of rotatable bonds is 7. The van der Waals surface area contributed by atoms with Crippen LogP contribution in [0.15, 0.2) is 30.3 Å². The first kappa shape index (κ1) is 15.4. The lowest BCUT2D eigenvalue weighted by Crippen LogP contribution is -2.36. The molecule has 112 valence electrons. The standard InChI is InChI=1S/C18H30N2/c1-3-16(19-17-10-6-4-7-11-17)14-15-20(2)18-12-8-5-9-13-18/h4,6-7,10-11,16,18-19H,3,5,8-9,12-15H2,1-2H3/t16-/m0/s1. The molecule has 1 N–H and O–H groups in total. The van der Waals surface area contributed by atoms with Gasteiger partial charge in [-0.15, -0.1) is 0 Å². The summed E-state index contributed by atoms with van der Waals surface area (Å²) in [6.45, 7) is 3.49. The van der Waals surface area contributed by atoms with Crippen LogP contribution in [0.1, 0.15) is 51.9 Å². The first-order chi connectivity index (χ1) is 9.79. The van der Waals surface area contributed by atoms with E-state index in [2.05, 4.69) is 54.5 Å². The molecule has 0 aromatic heterocycles. The molecule has 1 saturated carbocycles. The van der Waals surface area contributed by atoms with E-state index in [0.29, 0.717) is 6.04 Å². The van der Waals surface area contributed by atoms with Gasteiger partial charge in [0.2, 0.25) is 0 Å². The van der Waals surface area contributed by atoms with Gasteiger partial charge < -0.3 is 10.2 Å². The fourth-order valence-electron chi connectivity index (χ4n) is 3.21. The minimum absolute atomic E-state index is 0.587. The summed E-state index contributed by atoms with van der Waals surface area (Å²) >= 11 is 0. The summed E-state index contributed by atoms with van der Waals surface area (Å²) in [6, 6.07) is 12.0. The monoisotopic (exact) mass is 274 g/mol. The Kier molecular flexibility index (Phi) is 6.38. The summed E-state index contributed by atoms with van der Waals surface area (Å²) < 4.78 is 0. The summed E-state index contributed by atoms with van der Waals surface area (Å²) in [5.74, 6) is 0. The number of benzene rings is 1. The maximum Gasteiger partial charge on any atom is 0.0342 e. The highest BCUT2D eigenvalue weighted by Gasteiger charge is 2.18. The smallest absolute Gasteiger partial charge is 0.0342 e. The molecule has 2 rings (SSSR count). The highest BCUT2D eigenvalue weighted by atomic mass is 15.1. The summed E-state index contributed by atoms with van der Waals surface area (Å²) in [4.78, 5) is 2.59. The zero-order valence-corrected chi connectivity index (χ0v) is 13.1. The Hall–Kier alpha value is -1.02. The Morgan fingerprint density at radius 1 is 1.15 bits per heavy atom. The van der Waals surface area contributed by atoms with Gasteiger partial charge in [-0.05, 0) is 44.9 Å². The molecule has 0 spiro atoms. The van der Waals surface area contributed by atoms with E-state index in [1.54, 1.807) is 0 Å². The normalized spacial score (nSPS) is 18.1. The summed E-state index contributed by atoms with van der Waals surface area (Å²) in [5, 5.41) is 3.66. The van der Waals surface area contributed by atoms with Crippen LogP contribution in [0.2, 0.25) is 0 Å². The SMILES string of the molecule is CC[C@@H](CCN(C)C1CCCCC1)Nc1ccccc1. The van der Waals surface area contributed by atoms with Gasteiger partial charge in [-0.25, -0.2) is 0 Å². The van der Waals surface area contributed by atoms with Crippen molar-refractivity contribution in [3.8, 4) is 0 Å². The number of para-hydroxylation sites is 1. The molecule has 20 heavy (non-hydrogen) atoms. The van der Waals surface area contributed by atoms with Gasteiger partial charge in [0.25, 0.3) is 0 Å². The molecule has 1 aliphatic carbocycles. The van der Waals surface area contributed by atoms with Crippen molar-refractivity contribution >= 4 is 5.69 Å². The first-order valence-corrected chi connectivity index (χ1v) is 8.31. The lowest BCUT2D eigenvalue weighted by molar-refractivity contribution is 0.187. The number of nitrogens with zero attached hydrogens (tertiary/aromatic N) is 1. The summed E-state index contributed by atoms with van der Waals surface area (Å²) in [5.41, 5.74) is 1.25. The van der Waals surface area contributed by atoms with Crippen molar-refractivity contribution in [3.05, 3.63) is 30.3 Å². The second-order valence-corrected chi connectivity index (χ2v) is 6.18. The Morgan fingerprint density at radius 2 is 1.85 bits per heavy atom. The molecule has 1 atom stereocenters. The second-order valence-electron chi connectivity index (χ2n) is 6.18. The van der Waals surface area contributed by atoms with Crippen molar-refractivity contribution in [2.24, 2.45) is 0 Å². The third-order valence-corrected chi connectivity index (χ3v) is 4.67. The highest BCUT2D eigenvalue weighted by Crippen LogP contribution is 2.22. The van der Waals surface area contributed by atoms with Gasteiger partial charge >= 0.3 is 0 Å². The van der Waals surface area contributed by atoms with Crippen molar-refractivity contribution in [3.63, 3.8) is 0 Å². The fourth-order valence-corrected chi connectivity index (χ4v) is 3.21. The molecule has 0 bridgehead atoms. The largest absolute Gasteiger partial charge is 0.382 e. The molecule has 0 radical (unpaired) electrons. The van der Waals surface area contributed by atoms with Gasteiger partial charge in [0, 0.05) is 24.3 Å². The fraction of sp³-hybridized carbons (Fsp3) is 0.667. The molecule has 0 saturated heterocycles. The van der Waals surface area contributed by atoms with E-state index < -0.39 is 0 Å². The Balaban J connectivity index is 1.75. The maximum absolute atomic E-state index is 3.66. The predicted molar refractivity (Wildman–Crippen MR) is 88.3 cm³/mol. The van der Waals surface area contributed by atoms with Crippen LogP contribution in [-0.2, 0) is 0 Å². The van der Waals surface area contributed by atoms with Crippen LogP contribution < -0.4 is 5.32 Å². The molecule has 2 heteroatoms. The zero-order chi connectivity index (χ0) is 14.2. The third kappa shape index (κ3) is 4.82. The van der Waals surface area contributed by atoms with Crippen molar-refractivity contribution in [2.45, 2.75) is 64.0 Å². The van der Waals surface area contributed by atoms with Crippen LogP contribution >= 0.6 is 0 Å². The molecule has 0 aliphatic heterocycles. The number of anilines is 1. The van der Waals surface area contributed by atoms with Gasteiger partial charge in [-0.1, -0.05) is 44.4 Å². The van der Waals surface area contributed by atoms with Crippen LogP contribution in [0.4, 0.5) is 5.69 Å². The molecule has 1 aromatic rings. The molecule has 0 unspecified atom stereocenters. The van der Waals surface area contributed by atoms with E-state index in [-0.39, 0.29) is 0 Å². The van der Waals surface area contributed by atoms with E-state index in [9.17, 15) is 0 Å². The molecule has 0 amide bonds. The average molecular weight is 274 g/mol. The number of hydrogen-bond acceptors (Lipinski definition) is 2. The average Bonchev–Trinajstić information content (AvgIpc) is 2.53. The molecule has 1 aliphatic rings. The lowest BCUT2D eigenvalue weighted by Gasteiger charge is -2.32. The molecule has 1 aromatic carbocycles. The van der Waals surface area contributed by atoms with Crippen LogP contribution in [0, 0.1) is 0 Å². The molecule has 0 heterocycles. The van der Waals surface area contributed by atoms with Crippen LogP contribution in [-0.4, -0.2) is 30.6 Å². The Bertz CT molecular complexity index is 357. The van der Waals surface area contributed by atoms with Gasteiger partial charge in [0.1, 0.15) is 0 Å². The van der Waals surface area contributed by atoms with Gasteiger partial charge in [0.15, 0.2) is 0 Å². The van der Waals surface area contributed by atoms with E-state index >= 15 is 0 Å². The molecular weight excluding hydrogens is 244 g/mol. The van der Waals surface area contributed by atoms with E-state index in [4.69, 9.17) is 0 Å². The second kappa shape index (κ2) is 8.31. The third-order valence-electron chi connectivity index (χ3n) is 4.67. The van der Waals surface area contributed by atoms with Crippen molar-refractivity contribution < 1.29 is 0 Å². The molecule has 2 nitrogen and oxygen atoms in total. The van der Waals surface area contributed by atoms with E-state index in [0.717, 1.165) is 6.04 Å². The van der Waals surface area contributed by atoms with E-state index in [1.807, 2.05) is 0 Å². The van der Waals surface area contributed by atoms with Gasteiger partial charge in [-0.3, -0.25) is 0 Å². The van der Waals surface area contributed by atoms with Crippen LogP contribution in [0.3, 0.4) is 0 Å². The summed E-state index contributed by atoms with van der Waals surface area (Å²) in [6.07, 6.45) is 9.52. The van der Waals surface area contributed by atoms with Crippen LogP contribution in [0.5, 0.6) is 0 Å².